The molecule has 0 saturated heterocycles. The smallest absolute Gasteiger partial charge is 0.124 e. The molecular weight excluding hydrogens is 210 g/mol. The van der Waals surface area contributed by atoms with E-state index < -0.39 is 0 Å². The Morgan fingerprint density at radius 2 is 2.47 bits per heavy atom. The molecule has 6 heteroatoms. The van der Waals surface area contributed by atoms with Crippen LogP contribution in [0.25, 0.3) is 0 Å². The van der Waals surface area contributed by atoms with Crippen LogP contribution in [0.4, 0.5) is 5.82 Å². The van der Waals surface area contributed by atoms with Crippen LogP contribution in [0.3, 0.4) is 0 Å². The predicted octanol–water partition coefficient (Wildman–Crippen LogP) is 1.76. The largest absolute Gasteiger partial charge is 0.365 e. The van der Waals surface area contributed by atoms with Gasteiger partial charge >= 0.3 is 0 Å². The number of nitrogens with one attached hydrogen (secondary N) is 1. The molecule has 2 heterocycles. The van der Waals surface area contributed by atoms with Crippen LogP contribution in [0, 0.1) is 0 Å². The maximum absolute atomic E-state index is 4.23. The Kier molecular flexibility index (Phi) is 3.29. The molecule has 0 aliphatic carbocycles. The summed E-state index contributed by atoms with van der Waals surface area (Å²) < 4.78 is 5.77. The molecule has 0 amide bonds. The number of aromatic nitrogens is 4. The Hall–Kier alpha value is -1.43. The van der Waals surface area contributed by atoms with E-state index in [1.807, 2.05) is 16.1 Å². The van der Waals surface area contributed by atoms with Crippen molar-refractivity contribution in [3.8, 4) is 0 Å². The fourth-order valence-corrected chi connectivity index (χ4v) is 1.77. The number of aryl methyl sites for hydroxylation is 1. The van der Waals surface area contributed by atoms with E-state index in [9.17, 15) is 0 Å². The van der Waals surface area contributed by atoms with Crippen LogP contribution in [-0.4, -0.2) is 19.4 Å². The summed E-state index contributed by atoms with van der Waals surface area (Å²) in [6.07, 6.45) is 2.88. The number of rotatable bonds is 5. The van der Waals surface area contributed by atoms with Crippen LogP contribution in [-0.2, 0) is 13.1 Å². The molecule has 2 rings (SSSR count). The molecule has 0 spiro atoms. The molecule has 0 aliphatic rings. The van der Waals surface area contributed by atoms with Crippen molar-refractivity contribution in [3.63, 3.8) is 0 Å². The van der Waals surface area contributed by atoms with Crippen molar-refractivity contribution >= 4 is 17.4 Å². The van der Waals surface area contributed by atoms with Gasteiger partial charge in [0, 0.05) is 18.0 Å². The molecule has 0 atom stereocenters. The lowest BCUT2D eigenvalue weighted by atomic mass is 10.4. The molecule has 0 radical (unpaired) electrons. The van der Waals surface area contributed by atoms with E-state index in [0.29, 0.717) is 6.54 Å². The molecule has 15 heavy (non-hydrogen) atoms. The second kappa shape index (κ2) is 4.88. The number of hydrogen-bond donors (Lipinski definition) is 1. The molecule has 0 aliphatic heterocycles. The molecule has 1 N–H and O–H groups in total. The molecule has 0 fully saturated rings. The first-order valence-electron chi connectivity index (χ1n) is 4.91. The second-order valence-electron chi connectivity index (χ2n) is 3.19. The first-order chi connectivity index (χ1) is 7.40. The van der Waals surface area contributed by atoms with E-state index in [4.69, 9.17) is 0 Å². The minimum absolute atomic E-state index is 0.700. The molecule has 0 bridgehead atoms. The molecule has 80 valence electrons. The highest BCUT2D eigenvalue weighted by Crippen LogP contribution is 2.08. The molecule has 0 saturated carbocycles. The van der Waals surface area contributed by atoms with Crippen LogP contribution in [0.1, 0.15) is 19.0 Å². The van der Waals surface area contributed by atoms with E-state index in [1.165, 1.54) is 11.5 Å². The van der Waals surface area contributed by atoms with Gasteiger partial charge in [-0.25, -0.2) is 4.68 Å². The Morgan fingerprint density at radius 1 is 1.53 bits per heavy atom. The van der Waals surface area contributed by atoms with Gasteiger partial charge in [0.05, 0.1) is 18.4 Å². The summed E-state index contributed by atoms with van der Waals surface area (Å²) in [5, 5.41) is 13.4. The van der Waals surface area contributed by atoms with Gasteiger partial charge in [-0.1, -0.05) is 11.4 Å². The van der Waals surface area contributed by atoms with Crippen molar-refractivity contribution in [3.05, 3.63) is 23.3 Å². The maximum atomic E-state index is 4.23. The topological polar surface area (TPSA) is 55.6 Å². The average molecular weight is 223 g/mol. The third-order valence-electron chi connectivity index (χ3n) is 2.01. The highest BCUT2D eigenvalue weighted by Gasteiger charge is 2.01. The Bertz CT molecular complexity index is 394. The lowest BCUT2D eigenvalue weighted by Crippen LogP contribution is -2.07. The average Bonchev–Trinajstić information content (AvgIpc) is 2.85. The Labute approximate surface area is 92.3 Å². The van der Waals surface area contributed by atoms with Crippen molar-refractivity contribution < 1.29 is 0 Å². The minimum Gasteiger partial charge on any atom is -0.365 e. The van der Waals surface area contributed by atoms with Crippen molar-refractivity contribution in [2.75, 3.05) is 5.32 Å². The highest BCUT2D eigenvalue weighted by atomic mass is 32.1. The minimum atomic E-state index is 0.700. The van der Waals surface area contributed by atoms with Gasteiger partial charge in [0.25, 0.3) is 0 Å². The van der Waals surface area contributed by atoms with Crippen LogP contribution in [0.2, 0.25) is 0 Å². The summed E-state index contributed by atoms with van der Waals surface area (Å²) in [6, 6.07) is 1.97. The first-order valence-corrected chi connectivity index (χ1v) is 5.75. The van der Waals surface area contributed by atoms with E-state index >= 15 is 0 Å². The molecule has 0 aromatic carbocycles. The van der Waals surface area contributed by atoms with Crippen LogP contribution in [0.15, 0.2) is 17.6 Å². The number of nitrogens with zero attached hydrogens (tertiary/aromatic N) is 4. The zero-order valence-corrected chi connectivity index (χ0v) is 9.37. The standard InChI is InChI=1S/C9H13N5S/c1-2-5-14-9(3-4-11-14)10-6-8-7-15-13-12-8/h3-4,7,10H,2,5-6H2,1H3. The summed E-state index contributed by atoms with van der Waals surface area (Å²) in [7, 11) is 0. The normalized spacial score (nSPS) is 10.5. The summed E-state index contributed by atoms with van der Waals surface area (Å²) in [5.74, 6) is 1.03. The number of hydrogen-bond acceptors (Lipinski definition) is 5. The quantitative estimate of drug-likeness (QED) is 0.839. The van der Waals surface area contributed by atoms with Crippen molar-refractivity contribution in [1.29, 1.82) is 0 Å². The fourth-order valence-electron chi connectivity index (χ4n) is 1.31. The van der Waals surface area contributed by atoms with Gasteiger partial charge < -0.3 is 5.32 Å². The lowest BCUT2D eigenvalue weighted by molar-refractivity contribution is 0.607. The van der Waals surface area contributed by atoms with Crippen molar-refractivity contribution in [2.24, 2.45) is 0 Å². The molecule has 0 unspecified atom stereocenters. The van der Waals surface area contributed by atoms with Crippen LogP contribution < -0.4 is 5.32 Å². The summed E-state index contributed by atoms with van der Waals surface area (Å²) >= 11 is 1.37. The Morgan fingerprint density at radius 3 is 3.20 bits per heavy atom. The van der Waals surface area contributed by atoms with Gasteiger partial charge in [-0.3, -0.25) is 0 Å². The summed E-state index contributed by atoms with van der Waals surface area (Å²) in [5.41, 5.74) is 0.962. The zero-order chi connectivity index (χ0) is 10.5. The van der Waals surface area contributed by atoms with Crippen molar-refractivity contribution in [2.45, 2.75) is 26.4 Å². The van der Waals surface area contributed by atoms with Gasteiger partial charge in [-0.05, 0) is 18.0 Å². The van der Waals surface area contributed by atoms with Gasteiger partial charge in [-0.2, -0.15) is 5.10 Å². The van der Waals surface area contributed by atoms with Gasteiger partial charge in [0.2, 0.25) is 0 Å². The maximum Gasteiger partial charge on any atom is 0.124 e. The first kappa shape index (κ1) is 10.1. The highest BCUT2D eigenvalue weighted by molar-refractivity contribution is 7.03. The van der Waals surface area contributed by atoms with Gasteiger partial charge in [0.1, 0.15) is 5.82 Å². The Balaban J connectivity index is 1.95. The molecule has 2 aromatic heterocycles. The molecule has 2 aromatic rings. The summed E-state index contributed by atoms with van der Waals surface area (Å²) in [6.45, 7) is 3.77. The predicted molar refractivity (Wildman–Crippen MR) is 59.8 cm³/mol. The van der Waals surface area contributed by atoms with Crippen molar-refractivity contribution in [1.82, 2.24) is 19.4 Å². The molecular formula is C9H13N5S. The summed E-state index contributed by atoms with van der Waals surface area (Å²) in [4.78, 5) is 0. The fraction of sp³-hybridized carbons (Fsp3) is 0.444. The number of anilines is 1. The second-order valence-corrected chi connectivity index (χ2v) is 3.80. The SMILES string of the molecule is CCCn1nccc1NCc1csnn1. The van der Waals surface area contributed by atoms with Crippen LogP contribution >= 0.6 is 11.5 Å². The third-order valence-corrected chi connectivity index (χ3v) is 2.56. The van der Waals surface area contributed by atoms with Gasteiger partial charge in [-0.15, -0.1) is 5.10 Å². The van der Waals surface area contributed by atoms with Gasteiger partial charge in [0.15, 0.2) is 0 Å². The van der Waals surface area contributed by atoms with E-state index in [2.05, 4.69) is 26.9 Å². The van der Waals surface area contributed by atoms with Crippen LogP contribution in [0.5, 0.6) is 0 Å². The third kappa shape index (κ3) is 2.53. The zero-order valence-electron chi connectivity index (χ0n) is 8.55. The van der Waals surface area contributed by atoms with E-state index in [-0.39, 0.29) is 0 Å². The monoisotopic (exact) mass is 223 g/mol. The van der Waals surface area contributed by atoms with E-state index in [1.54, 1.807) is 6.20 Å². The van der Waals surface area contributed by atoms with E-state index in [0.717, 1.165) is 24.5 Å². The lowest BCUT2D eigenvalue weighted by Gasteiger charge is -2.06. The molecule has 5 nitrogen and oxygen atoms in total.